The molecule has 1 aromatic heterocycles. The maximum atomic E-state index is 11.8. The van der Waals surface area contributed by atoms with Crippen LogP contribution in [0.3, 0.4) is 0 Å². The number of quaternary nitrogens is 1. The van der Waals surface area contributed by atoms with Gasteiger partial charge in [0.05, 0.1) is 12.6 Å². The lowest BCUT2D eigenvalue weighted by Crippen LogP contribution is -3.14. The molecule has 0 amide bonds. The molecule has 0 spiro atoms. The molecule has 1 aliphatic rings. The minimum Gasteiger partial charge on any atom is -0.423 e. The van der Waals surface area contributed by atoms with E-state index in [4.69, 9.17) is 4.42 Å². The Kier molecular flexibility index (Phi) is 3.62. The molecule has 0 bridgehead atoms. The fourth-order valence-electron chi connectivity index (χ4n) is 3.24. The summed E-state index contributed by atoms with van der Waals surface area (Å²) >= 11 is 0. The molecule has 1 unspecified atom stereocenters. The van der Waals surface area contributed by atoms with Crippen LogP contribution < -0.4 is 10.5 Å². The van der Waals surface area contributed by atoms with Gasteiger partial charge in [-0.1, -0.05) is 12.1 Å². The van der Waals surface area contributed by atoms with Crippen molar-refractivity contribution >= 4 is 11.0 Å². The van der Waals surface area contributed by atoms with Gasteiger partial charge in [-0.15, -0.1) is 0 Å². The van der Waals surface area contributed by atoms with Crippen LogP contribution in [0.5, 0.6) is 0 Å². The standard InChI is InChI=1S/C17H21NO2/c1-12-6-7-15-14(10-17(19)20-16(15)9-12)11-18-8-4-3-5-13(18)2/h6-7,9-10,13H,3-5,8,11H2,1-2H3/p+1/t13-/m0/s1. The van der Waals surface area contributed by atoms with E-state index in [1.807, 2.05) is 13.0 Å². The number of nitrogens with one attached hydrogen (secondary N) is 1. The lowest BCUT2D eigenvalue weighted by atomic mass is 10.0. The van der Waals surface area contributed by atoms with Gasteiger partial charge in [-0.2, -0.15) is 0 Å². The van der Waals surface area contributed by atoms with E-state index < -0.39 is 0 Å². The largest absolute Gasteiger partial charge is 0.423 e. The normalized spacial score (nSPS) is 23.1. The minimum absolute atomic E-state index is 0.234. The molecule has 106 valence electrons. The van der Waals surface area contributed by atoms with Crippen molar-refractivity contribution in [2.75, 3.05) is 6.54 Å². The highest BCUT2D eigenvalue weighted by Crippen LogP contribution is 2.18. The molecule has 1 saturated heterocycles. The maximum Gasteiger partial charge on any atom is 0.336 e. The quantitative estimate of drug-likeness (QED) is 0.849. The molecule has 0 radical (unpaired) electrons. The third-order valence-electron chi connectivity index (χ3n) is 4.49. The first-order chi connectivity index (χ1) is 9.63. The highest BCUT2D eigenvalue weighted by Gasteiger charge is 2.23. The van der Waals surface area contributed by atoms with E-state index in [2.05, 4.69) is 19.1 Å². The Morgan fingerprint density at radius 3 is 2.95 bits per heavy atom. The Bertz CT molecular complexity index is 674. The fourth-order valence-corrected chi connectivity index (χ4v) is 3.24. The lowest BCUT2D eigenvalue weighted by Gasteiger charge is -2.30. The number of fused-ring (bicyclic) bond motifs is 1. The van der Waals surface area contributed by atoms with Crippen molar-refractivity contribution in [2.45, 2.75) is 45.7 Å². The molecule has 1 N–H and O–H groups in total. The van der Waals surface area contributed by atoms with Crippen molar-refractivity contribution in [1.82, 2.24) is 0 Å². The van der Waals surface area contributed by atoms with E-state index in [0.29, 0.717) is 6.04 Å². The van der Waals surface area contributed by atoms with Gasteiger partial charge in [-0.05, 0) is 44.7 Å². The fraction of sp³-hybridized carbons (Fsp3) is 0.471. The average Bonchev–Trinajstić information content (AvgIpc) is 2.40. The van der Waals surface area contributed by atoms with Crippen molar-refractivity contribution in [2.24, 2.45) is 0 Å². The van der Waals surface area contributed by atoms with Crippen molar-refractivity contribution in [3.05, 3.63) is 45.8 Å². The van der Waals surface area contributed by atoms with Crippen LogP contribution in [0, 0.1) is 6.92 Å². The molecular formula is C17H22NO2+. The molecule has 2 aromatic rings. The number of rotatable bonds is 2. The molecule has 3 nitrogen and oxygen atoms in total. The Morgan fingerprint density at radius 1 is 1.30 bits per heavy atom. The molecular weight excluding hydrogens is 250 g/mol. The molecule has 0 saturated carbocycles. The summed E-state index contributed by atoms with van der Waals surface area (Å²) in [6.45, 7) is 6.46. The molecule has 20 heavy (non-hydrogen) atoms. The number of aryl methyl sites for hydroxylation is 1. The highest BCUT2D eigenvalue weighted by atomic mass is 16.4. The van der Waals surface area contributed by atoms with Gasteiger partial charge in [0.1, 0.15) is 12.1 Å². The Hall–Kier alpha value is -1.61. The predicted octanol–water partition coefficient (Wildman–Crippen LogP) is 2.06. The van der Waals surface area contributed by atoms with E-state index in [1.54, 1.807) is 11.0 Å². The molecule has 1 aliphatic heterocycles. The number of hydrogen-bond acceptors (Lipinski definition) is 2. The van der Waals surface area contributed by atoms with Gasteiger partial charge in [0.2, 0.25) is 0 Å². The molecule has 1 fully saturated rings. The van der Waals surface area contributed by atoms with E-state index in [0.717, 1.165) is 28.6 Å². The van der Waals surface area contributed by atoms with Gasteiger partial charge in [0.25, 0.3) is 0 Å². The zero-order valence-corrected chi connectivity index (χ0v) is 12.2. The van der Waals surface area contributed by atoms with Crippen LogP contribution in [0.1, 0.15) is 37.3 Å². The summed E-state index contributed by atoms with van der Waals surface area (Å²) in [4.78, 5) is 13.3. The lowest BCUT2D eigenvalue weighted by molar-refractivity contribution is -0.941. The third-order valence-corrected chi connectivity index (χ3v) is 4.49. The summed E-state index contributed by atoms with van der Waals surface area (Å²) in [6, 6.07) is 8.47. The van der Waals surface area contributed by atoms with Gasteiger partial charge < -0.3 is 9.32 Å². The second-order valence-corrected chi connectivity index (χ2v) is 6.07. The SMILES string of the molecule is Cc1ccc2c(C[NH+]3CCCC[C@@H]3C)cc(=O)oc2c1. The zero-order chi connectivity index (χ0) is 14.1. The van der Waals surface area contributed by atoms with Crippen LogP contribution in [0.15, 0.2) is 33.5 Å². The first-order valence-electron chi connectivity index (χ1n) is 7.51. The smallest absolute Gasteiger partial charge is 0.336 e. The first kappa shape index (κ1) is 13.4. The predicted molar refractivity (Wildman–Crippen MR) is 80.1 cm³/mol. The third kappa shape index (κ3) is 2.63. The number of benzene rings is 1. The molecule has 2 atom stereocenters. The minimum atomic E-state index is -0.234. The Balaban J connectivity index is 2.00. The second kappa shape index (κ2) is 5.41. The second-order valence-electron chi connectivity index (χ2n) is 6.07. The van der Waals surface area contributed by atoms with E-state index in [9.17, 15) is 4.79 Å². The number of likely N-dealkylation sites (tertiary alicyclic amines) is 1. The topological polar surface area (TPSA) is 34.7 Å². The summed E-state index contributed by atoms with van der Waals surface area (Å²) in [5, 5.41) is 1.08. The Morgan fingerprint density at radius 2 is 2.15 bits per heavy atom. The molecule has 3 heteroatoms. The van der Waals surface area contributed by atoms with Crippen LogP contribution in [-0.4, -0.2) is 12.6 Å². The summed E-state index contributed by atoms with van der Waals surface area (Å²) < 4.78 is 5.33. The molecule has 1 aromatic carbocycles. The van der Waals surface area contributed by atoms with Crippen molar-refractivity contribution in [1.29, 1.82) is 0 Å². The van der Waals surface area contributed by atoms with Crippen LogP contribution in [0.25, 0.3) is 11.0 Å². The van der Waals surface area contributed by atoms with Crippen LogP contribution in [-0.2, 0) is 6.54 Å². The maximum absolute atomic E-state index is 11.8. The highest BCUT2D eigenvalue weighted by molar-refractivity contribution is 5.80. The van der Waals surface area contributed by atoms with Crippen LogP contribution in [0.4, 0.5) is 0 Å². The summed E-state index contributed by atoms with van der Waals surface area (Å²) in [7, 11) is 0. The van der Waals surface area contributed by atoms with E-state index >= 15 is 0 Å². The first-order valence-corrected chi connectivity index (χ1v) is 7.51. The summed E-state index contributed by atoms with van der Waals surface area (Å²) in [5.74, 6) is 0. The van der Waals surface area contributed by atoms with E-state index in [1.165, 1.54) is 25.8 Å². The van der Waals surface area contributed by atoms with Gasteiger partial charge in [-0.3, -0.25) is 0 Å². The summed E-state index contributed by atoms with van der Waals surface area (Å²) in [6.07, 6.45) is 3.91. The van der Waals surface area contributed by atoms with Gasteiger partial charge >= 0.3 is 5.63 Å². The molecule has 3 rings (SSSR count). The molecule has 2 heterocycles. The van der Waals surface area contributed by atoms with Gasteiger partial charge in [0, 0.05) is 17.0 Å². The molecule has 0 aliphatic carbocycles. The van der Waals surface area contributed by atoms with Crippen molar-refractivity contribution < 1.29 is 9.32 Å². The van der Waals surface area contributed by atoms with Crippen molar-refractivity contribution in [3.63, 3.8) is 0 Å². The van der Waals surface area contributed by atoms with Gasteiger partial charge in [-0.25, -0.2) is 4.79 Å². The average molecular weight is 272 g/mol. The number of piperidine rings is 1. The summed E-state index contributed by atoms with van der Waals surface area (Å²) in [5.41, 5.74) is 2.73. The van der Waals surface area contributed by atoms with Crippen molar-refractivity contribution in [3.8, 4) is 0 Å². The zero-order valence-electron chi connectivity index (χ0n) is 12.2. The monoisotopic (exact) mass is 272 g/mol. The van der Waals surface area contributed by atoms with Gasteiger partial charge in [0.15, 0.2) is 0 Å². The number of hydrogen-bond donors (Lipinski definition) is 1. The van der Waals surface area contributed by atoms with Crippen LogP contribution >= 0.6 is 0 Å². The van der Waals surface area contributed by atoms with Crippen LogP contribution in [0.2, 0.25) is 0 Å². The van der Waals surface area contributed by atoms with E-state index in [-0.39, 0.29) is 5.63 Å². The Labute approximate surface area is 119 Å².